The van der Waals surface area contributed by atoms with Gasteiger partial charge >= 0.3 is 5.97 Å². The molecule has 0 saturated carbocycles. The molecule has 0 fully saturated rings. The van der Waals surface area contributed by atoms with Crippen LogP contribution >= 0.6 is 11.3 Å². The number of nitrogens with zero attached hydrogens (tertiary/aromatic N) is 1. The molecule has 0 aliphatic rings. The molecule has 1 atom stereocenters. The van der Waals surface area contributed by atoms with Crippen LogP contribution in [0.1, 0.15) is 22.4 Å². The van der Waals surface area contributed by atoms with Gasteiger partial charge in [-0.05, 0) is 13.5 Å². The van der Waals surface area contributed by atoms with Gasteiger partial charge < -0.3 is 15.8 Å². The van der Waals surface area contributed by atoms with E-state index in [2.05, 4.69) is 15.0 Å². The molecule has 0 saturated heterocycles. The van der Waals surface area contributed by atoms with Crippen molar-refractivity contribution in [2.45, 2.75) is 19.4 Å². The van der Waals surface area contributed by atoms with Crippen LogP contribution in [-0.4, -0.2) is 36.6 Å². The quantitative estimate of drug-likeness (QED) is 0.720. The third-order valence-corrected chi connectivity index (χ3v) is 2.95. The third-order valence-electron chi connectivity index (χ3n) is 2.04. The number of esters is 1. The molecule has 0 aliphatic heterocycles. The Labute approximate surface area is 103 Å². The highest BCUT2D eigenvalue weighted by atomic mass is 32.1. The Morgan fingerprint density at radius 3 is 2.94 bits per heavy atom. The molecule has 0 aliphatic carbocycles. The van der Waals surface area contributed by atoms with Crippen molar-refractivity contribution in [2.75, 3.05) is 13.7 Å². The molecule has 1 heterocycles. The summed E-state index contributed by atoms with van der Waals surface area (Å²) in [5.41, 5.74) is 5.69. The molecule has 1 amide bonds. The van der Waals surface area contributed by atoms with Gasteiger partial charge in [0.2, 0.25) is 0 Å². The summed E-state index contributed by atoms with van der Waals surface area (Å²) in [6, 6.07) is -0.688. The van der Waals surface area contributed by atoms with Crippen molar-refractivity contribution < 1.29 is 14.3 Å². The fraction of sp³-hybridized carbons (Fsp3) is 0.500. The number of hydrogen-bond acceptors (Lipinski definition) is 6. The number of nitrogens with two attached hydrogens (primary N) is 1. The van der Waals surface area contributed by atoms with E-state index in [-0.39, 0.29) is 5.91 Å². The van der Waals surface area contributed by atoms with Crippen LogP contribution in [0.15, 0.2) is 5.38 Å². The van der Waals surface area contributed by atoms with Crippen molar-refractivity contribution >= 4 is 23.2 Å². The largest absolute Gasteiger partial charge is 0.467 e. The predicted octanol–water partition coefficient (Wildman–Crippen LogP) is -0.0644. The molecule has 6 nitrogen and oxygen atoms in total. The number of rotatable bonds is 5. The van der Waals surface area contributed by atoms with Gasteiger partial charge in [0.1, 0.15) is 11.7 Å². The van der Waals surface area contributed by atoms with Crippen LogP contribution in [0.25, 0.3) is 0 Å². The molecule has 0 unspecified atom stereocenters. The summed E-state index contributed by atoms with van der Waals surface area (Å²) >= 11 is 1.38. The molecule has 0 radical (unpaired) electrons. The van der Waals surface area contributed by atoms with E-state index < -0.39 is 12.0 Å². The zero-order valence-electron chi connectivity index (χ0n) is 9.73. The van der Waals surface area contributed by atoms with Crippen molar-refractivity contribution in [3.05, 3.63) is 16.1 Å². The van der Waals surface area contributed by atoms with Crippen LogP contribution < -0.4 is 11.1 Å². The van der Waals surface area contributed by atoms with E-state index in [4.69, 9.17) is 5.73 Å². The lowest BCUT2D eigenvalue weighted by Gasteiger charge is -2.09. The number of carbonyl (C=O) groups is 2. The monoisotopic (exact) mass is 257 g/mol. The van der Waals surface area contributed by atoms with E-state index in [1.165, 1.54) is 18.4 Å². The van der Waals surface area contributed by atoms with E-state index in [1.54, 1.807) is 12.3 Å². The van der Waals surface area contributed by atoms with Gasteiger partial charge in [-0.2, -0.15) is 0 Å². The third kappa shape index (κ3) is 3.79. The minimum absolute atomic E-state index is 0.300. The van der Waals surface area contributed by atoms with Crippen LogP contribution in [0.2, 0.25) is 0 Å². The molecule has 0 bridgehead atoms. The second kappa shape index (κ2) is 6.31. The Kier molecular flexibility index (Phi) is 5.05. The molecular formula is C10H15N3O3S. The number of ether oxygens (including phenoxy) is 1. The van der Waals surface area contributed by atoms with Crippen molar-refractivity contribution in [1.29, 1.82) is 0 Å². The number of nitrogens with one attached hydrogen (secondary N) is 1. The summed E-state index contributed by atoms with van der Waals surface area (Å²) < 4.78 is 4.50. The first-order valence-corrected chi connectivity index (χ1v) is 5.99. The summed E-state index contributed by atoms with van der Waals surface area (Å²) in [5.74, 6) is -0.877. The van der Waals surface area contributed by atoms with Gasteiger partial charge in [-0.15, -0.1) is 11.3 Å². The molecule has 3 N–H and O–H groups in total. The van der Waals surface area contributed by atoms with Crippen LogP contribution in [0.4, 0.5) is 0 Å². The molecule has 0 aromatic carbocycles. The van der Waals surface area contributed by atoms with Gasteiger partial charge in [0.15, 0.2) is 0 Å². The Morgan fingerprint density at radius 1 is 1.65 bits per heavy atom. The Hall–Kier alpha value is -1.47. The zero-order chi connectivity index (χ0) is 12.8. The van der Waals surface area contributed by atoms with Crippen LogP contribution in [-0.2, 0) is 16.0 Å². The maximum atomic E-state index is 11.7. The van der Waals surface area contributed by atoms with Gasteiger partial charge in [0, 0.05) is 11.8 Å². The minimum Gasteiger partial charge on any atom is -0.467 e. The average molecular weight is 257 g/mol. The molecule has 7 heteroatoms. The second-order valence-corrected chi connectivity index (χ2v) is 4.33. The fourth-order valence-electron chi connectivity index (χ4n) is 1.16. The Bertz CT molecular complexity index is 405. The number of thiazole rings is 1. The van der Waals surface area contributed by atoms with E-state index in [9.17, 15) is 9.59 Å². The molecule has 1 aromatic heterocycles. The van der Waals surface area contributed by atoms with E-state index >= 15 is 0 Å². The summed E-state index contributed by atoms with van der Waals surface area (Å²) in [4.78, 5) is 26.9. The number of aromatic nitrogens is 1. The average Bonchev–Trinajstić information content (AvgIpc) is 2.77. The maximum absolute atomic E-state index is 11.7. The smallest absolute Gasteiger partial charge is 0.328 e. The summed E-state index contributed by atoms with van der Waals surface area (Å²) in [6.45, 7) is 2.05. The maximum Gasteiger partial charge on any atom is 0.328 e. The second-order valence-electron chi connectivity index (χ2n) is 3.38. The summed E-state index contributed by atoms with van der Waals surface area (Å²) in [5, 5.41) is 4.95. The van der Waals surface area contributed by atoms with Crippen LogP contribution in [0.5, 0.6) is 0 Å². The minimum atomic E-state index is -0.688. The van der Waals surface area contributed by atoms with Gasteiger partial charge in [0.25, 0.3) is 5.91 Å². The Morgan fingerprint density at radius 2 is 2.35 bits per heavy atom. The Balaban J connectivity index is 2.60. The lowest BCUT2D eigenvalue weighted by molar-refractivity contribution is -0.142. The lowest BCUT2D eigenvalue weighted by Crippen LogP contribution is -2.39. The van der Waals surface area contributed by atoms with Gasteiger partial charge in [-0.25, -0.2) is 9.78 Å². The molecule has 94 valence electrons. The van der Waals surface area contributed by atoms with E-state index in [0.717, 1.165) is 5.01 Å². The highest BCUT2D eigenvalue weighted by molar-refractivity contribution is 7.09. The molecule has 17 heavy (non-hydrogen) atoms. The normalized spacial score (nSPS) is 11.9. The number of carbonyl (C=O) groups excluding carboxylic acids is 2. The first kappa shape index (κ1) is 13.6. The SMILES string of the molecule is COC(=O)[C@H](C)NC(=O)c1csc(CCN)n1. The van der Waals surface area contributed by atoms with Crippen LogP contribution in [0.3, 0.4) is 0 Å². The topological polar surface area (TPSA) is 94.3 Å². The zero-order valence-corrected chi connectivity index (χ0v) is 10.5. The van der Waals surface area contributed by atoms with Crippen molar-refractivity contribution in [2.24, 2.45) is 5.73 Å². The first-order chi connectivity index (χ1) is 8.08. The number of amides is 1. The number of methoxy groups -OCH3 is 1. The highest BCUT2D eigenvalue weighted by Crippen LogP contribution is 2.10. The number of hydrogen-bond donors (Lipinski definition) is 2. The van der Waals surface area contributed by atoms with E-state index in [1.807, 2.05) is 0 Å². The first-order valence-electron chi connectivity index (χ1n) is 5.11. The van der Waals surface area contributed by atoms with Crippen molar-refractivity contribution in [3.63, 3.8) is 0 Å². The molecule has 1 rings (SSSR count). The van der Waals surface area contributed by atoms with Gasteiger partial charge in [-0.3, -0.25) is 4.79 Å². The molecule has 0 spiro atoms. The molecule has 1 aromatic rings. The van der Waals surface area contributed by atoms with E-state index in [0.29, 0.717) is 18.7 Å². The van der Waals surface area contributed by atoms with Gasteiger partial charge in [0.05, 0.1) is 12.1 Å². The predicted molar refractivity (Wildman–Crippen MR) is 63.8 cm³/mol. The summed E-state index contributed by atoms with van der Waals surface area (Å²) in [7, 11) is 1.27. The lowest BCUT2D eigenvalue weighted by atomic mass is 10.3. The van der Waals surface area contributed by atoms with Crippen LogP contribution in [0, 0.1) is 0 Å². The highest BCUT2D eigenvalue weighted by Gasteiger charge is 2.18. The van der Waals surface area contributed by atoms with Crippen molar-refractivity contribution in [3.8, 4) is 0 Å². The summed E-state index contributed by atoms with van der Waals surface area (Å²) in [6.07, 6.45) is 0.643. The van der Waals surface area contributed by atoms with Gasteiger partial charge in [-0.1, -0.05) is 0 Å². The standard InChI is InChI=1S/C10H15N3O3S/c1-6(10(15)16-2)12-9(14)7-5-17-8(13-7)3-4-11/h5-6H,3-4,11H2,1-2H3,(H,12,14)/t6-/m0/s1. The molecular weight excluding hydrogens is 242 g/mol. The van der Waals surface area contributed by atoms with Crippen molar-refractivity contribution in [1.82, 2.24) is 10.3 Å². The fourth-order valence-corrected chi connectivity index (χ4v) is 1.95.